The number of hydrogen-bond acceptors (Lipinski definition) is 3. The fourth-order valence-corrected chi connectivity index (χ4v) is 6.25. The topological polar surface area (TPSA) is 64.0 Å². The van der Waals surface area contributed by atoms with Gasteiger partial charge in [0.2, 0.25) is 0 Å². The number of rotatable bonds is 3. The molecule has 2 saturated heterocycles. The highest BCUT2D eigenvalue weighted by molar-refractivity contribution is 5.75. The number of hydrogen-bond donors (Lipinski definition) is 2. The minimum absolute atomic E-state index is 0.0867. The third-order valence-electron chi connectivity index (χ3n) is 8.68. The first-order valence-electron chi connectivity index (χ1n) is 11.7. The van der Waals surface area contributed by atoms with Gasteiger partial charge in [-0.2, -0.15) is 0 Å². The number of piperidine rings is 2. The second kappa shape index (κ2) is 7.74. The lowest BCUT2D eigenvalue weighted by Gasteiger charge is -2.51. The second-order valence-corrected chi connectivity index (χ2v) is 10.7. The van der Waals surface area contributed by atoms with Crippen molar-refractivity contribution in [3.05, 3.63) is 29.3 Å². The van der Waals surface area contributed by atoms with E-state index >= 15 is 0 Å². The van der Waals surface area contributed by atoms with Crippen molar-refractivity contribution in [1.29, 1.82) is 0 Å². The van der Waals surface area contributed by atoms with E-state index in [2.05, 4.69) is 31.7 Å². The van der Waals surface area contributed by atoms with Gasteiger partial charge in [0, 0.05) is 25.7 Å². The second-order valence-electron chi connectivity index (χ2n) is 10.7. The molecule has 5 nitrogen and oxygen atoms in total. The Morgan fingerprint density at radius 1 is 1.20 bits per heavy atom. The highest BCUT2D eigenvalue weighted by atomic mass is 16.3. The van der Waals surface area contributed by atoms with Crippen molar-refractivity contribution in [2.24, 2.45) is 5.41 Å². The molecule has 2 heterocycles. The van der Waals surface area contributed by atoms with Crippen molar-refractivity contribution in [1.82, 2.24) is 9.80 Å². The van der Waals surface area contributed by atoms with E-state index in [1.165, 1.54) is 5.56 Å². The molecule has 2 fully saturated rings. The van der Waals surface area contributed by atoms with Crippen LogP contribution in [0.2, 0.25) is 0 Å². The van der Waals surface area contributed by atoms with E-state index in [-0.39, 0.29) is 35.0 Å². The van der Waals surface area contributed by atoms with Crippen molar-refractivity contribution in [2.45, 2.75) is 95.7 Å². The normalized spacial score (nSPS) is 32.4. The summed E-state index contributed by atoms with van der Waals surface area (Å²) in [6.07, 6.45) is 7.13. The molecule has 3 atom stereocenters. The third kappa shape index (κ3) is 3.49. The molecule has 2 N–H and O–H groups in total. The predicted molar refractivity (Wildman–Crippen MR) is 119 cm³/mol. The summed E-state index contributed by atoms with van der Waals surface area (Å²) in [6, 6.07) is 6.38. The number of urea groups is 1. The van der Waals surface area contributed by atoms with Crippen LogP contribution in [0.15, 0.2) is 18.2 Å². The monoisotopic (exact) mass is 414 g/mol. The van der Waals surface area contributed by atoms with E-state index in [0.29, 0.717) is 25.1 Å². The van der Waals surface area contributed by atoms with E-state index in [0.717, 1.165) is 44.1 Å². The number of aromatic hydroxyl groups is 1. The van der Waals surface area contributed by atoms with Crippen LogP contribution in [0, 0.1) is 5.41 Å². The Morgan fingerprint density at radius 3 is 2.53 bits per heavy atom. The maximum absolute atomic E-state index is 13.4. The van der Waals surface area contributed by atoms with Crippen molar-refractivity contribution < 1.29 is 15.0 Å². The summed E-state index contributed by atoms with van der Waals surface area (Å²) in [5, 5.41) is 20.6. The van der Waals surface area contributed by atoms with Gasteiger partial charge in [0.1, 0.15) is 5.75 Å². The minimum Gasteiger partial charge on any atom is -0.508 e. The fraction of sp³-hybridized carbons (Fsp3) is 0.720. The average Bonchev–Trinajstić information content (AvgIpc) is 2.68. The average molecular weight is 415 g/mol. The molecule has 1 aromatic rings. The number of carbonyl (C=O) groups is 1. The molecule has 3 aliphatic rings. The zero-order valence-corrected chi connectivity index (χ0v) is 19.0. The van der Waals surface area contributed by atoms with Crippen LogP contribution in [-0.4, -0.2) is 57.8 Å². The largest absolute Gasteiger partial charge is 0.508 e. The zero-order valence-electron chi connectivity index (χ0n) is 19.0. The summed E-state index contributed by atoms with van der Waals surface area (Å²) >= 11 is 0. The van der Waals surface area contributed by atoms with Gasteiger partial charge in [-0.1, -0.05) is 32.9 Å². The first-order valence-corrected chi connectivity index (χ1v) is 11.7. The lowest BCUT2D eigenvalue weighted by atomic mass is 9.55. The van der Waals surface area contributed by atoms with Gasteiger partial charge in [0.25, 0.3) is 0 Å². The van der Waals surface area contributed by atoms with Crippen LogP contribution in [0.5, 0.6) is 5.75 Å². The van der Waals surface area contributed by atoms with Gasteiger partial charge >= 0.3 is 6.03 Å². The molecule has 30 heavy (non-hydrogen) atoms. The number of aliphatic hydroxyl groups is 1. The van der Waals surface area contributed by atoms with Gasteiger partial charge in [-0.25, -0.2) is 4.79 Å². The molecule has 2 amide bonds. The predicted octanol–water partition coefficient (Wildman–Crippen LogP) is 4.44. The number of benzene rings is 1. The standard InChI is InChI=1S/C25H38N2O3/c1-24(2)12-11-20-21(9-6-10-22(20)29)25(24,3)13-14-26(4)23(30)27-17-7-5-8-18(27)16-19(28)15-17/h6,9-10,17-19,28-29H,5,7-8,11-16H2,1-4H3/t17?,18?,19?,25-/m0/s1. The molecule has 2 unspecified atom stereocenters. The number of phenols is 1. The van der Waals surface area contributed by atoms with Gasteiger partial charge in [-0.3, -0.25) is 0 Å². The van der Waals surface area contributed by atoms with Crippen LogP contribution in [0.1, 0.15) is 76.8 Å². The summed E-state index contributed by atoms with van der Waals surface area (Å²) in [7, 11) is 1.92. The van der Waals surface area contributed by atoms with E-state index in [1.54, 1.807) is 6.07 Å². The molecule has 1 aromatic carbocycles. The van der Waals surface area contributed by atoms with Crippen molar-refractivity contribution in [3.8, 4) is 5.75 Å². The van der Waals surface area contributed by atoms with E-state index in [4.69, 9.17) is 0 Å². The summed E-state index contributed by atoms with van der Waals surface area (Å²) in [5.41, 5.74) is 2.29. The quantitative estimate of drug-likeness (QED) is 0.768. The van der Waals surface area contributed by atoms with Crippen molar-refractivity contribution in [3.63, 3.8) is 0 Å². The number of phenolic OH excluding ortho intramolecular Hbond substituents is 1. The first-order chi connectivity index (χ1) is 14.1. The molecular weight excluding hydrogens is 376 g/mol. The number of amides is 2. The molecule has 166 valence electrons. The van der Waals surface area contributed by atoms with Gasteiger partial charge in [-0.05, 0) is 79.4 Å². The Morgan fingerprint density at radius 2 is 1.87 bits per heavy atom. The smallest absolute Gasteiger partial charge is 0.320 e. The summed E-state index contributed by atoms with van der Waals surface area (Å²) < 4.78 is 0. The Balaban J connectivity index is 1.51. The maximum atomic E-state index is 13.4. The molecule has 0 spiro atoms. The van der Waals surface area contributed by atoms with Crippen LogP contribution >= 0.6 is 0 Å². The SMILES string of the molecule is CN(CC[C@@]1(C)c2cccc(O)c2CCC1(C)C)C(=O)N1C2CCCC1CC(O)C2. The third-order valence-corrected chi connectivity index (χ3v) is 8.68. The van der Waals surface area contributed by atoms with E-state index < -0.39 is 0 Å². The summed E-state index contributed by atoms with van der Waals surface area (Å²) in [6.45, 7) is 7.62. The van der Waals surface area contributed by atoms with E-state index in [9.17, 15) is 15.0 Å². The fourth-order valence-electron chi connectivity index (χ4n) is 6.25. The number of fused-ring (bicyclic) bond motifs is 3. The van der Waals surface area contributed by atoms with Crippen molar-refractivity contribution in [2.75, 3.05) is 13.6 Å². The zero-order chi connectivity index (χ0) is 21.7. The highest BCUT2D eigenvalue weighted by Crippen LogP contribution is 2.53. The molecule has 4 rings (SSSR count). The Bertz CT molecular complexity index is 794. The maximum Gasteiger partial charge on any atom is 0.320 e. The molecule has 0 saturated carbocycles. The number of aliphatic hydroxyl groups excluding tert-OH is 1. The van der Waals surface area contributed by atoms with Crippen molar-refractivity contribution >= 4 is 6.03 Å². The number of nitrogens with zero attached hydrogens (tertiary/aromatic N) is 2. The molecule has 5 heteroatoms. The van der Waals surface area contributed by atoms with Gasteiger partial charge in [0.05, 0.1) is 6.10 Å². The lowest BCUT2D eigenvalue weighted by Crippen LogP contribution is -2.59. The summed E-state index contributed by atoms with van der Waals surface area (Å²) in [4.78, 5) is 17.4. The molecular formula is C25H38N2O3. The Labute approximate surface area is 181 Å². The van der Waals surface area contributed by atoms with Gasteiger partial charge < -0.3 is 20.0 Å². The molecule has 2 aliphatic heterocycles. The van der Waals surface area contributed by atoms with Gasteiger partial charge in [-0.15, -0.1) is 0 Å². The highest BCUT2D eigenvalue weighted by Gasteiger charge is 2.47. The van der Waals surface area contributed by atoms with Crippen LogP contribution in [0.25, 0.3) is 0 Å². The molecule has 0 radical (unpaired) electrons. The van der Waals surface area contributed by atoms with Crippen LogP contribution in [0.4, 0.5) is 4.79 Å². The number of carbonyl (C=O) groups excluding carboxylic acids is 1. The molecule has 2 bridgehead atoms. The summed E-state index contributed by atoms with van der Waals surface area (Å²) in [5.74, 6) is 0.401. The lowest BCUT2D eigenvalue weighted by molar-refractivity contribution is -0.00985. The first kappa shape index (κ1) is 21.5. The minimum atomic E-state index is -0.263. The molecule has 0 aromatic heterocycles. The van der Waals surface area contributed by atoms with Crippen LogP contribution < -0.4 is 0 Å². The Hall–Kier alpha value is -1.75. The van der Waals surface area contributed by atoms with Crippen LogP contribution in [-0.2, 0) is 11.8 Å². The van der Waals surface area contributed by atoms with Gasteiger partial charge in [0.15, 0.2) is 0 Å². The Kier molecular flexibility index (Phi) is 5.54. The van der Waals surface area contributed by atoms with Crippen LogP contribution in [0.3, 0.4) is 0 Å². The molecule has 1 aliphatic carbocycles. The van der Waals surface area contributed by atoms with E-state index in [1.807, 2.05) is 18.0 Å².